The molecule has 30 heavy (non-hydrogen) atoms. The number of amides is 1. The predicted molar refractivity (Wildman–Crippen MR) is 114 cm³/mol. The van der Waals surface area contributed by atoms with Crippen molar-refractivity contribution in [1.29, 1.82) is 0 Å². The normalized spacial score (nSPS) is 30.3. The van der Waals surface area contributed by atoms with Gasteiger partial charge < -0.3 is 5.32 Å². The zero-order valence-corrected chi connectivity index (χ0v) is 18.2. The first-order chi connectivity index (χ1) is 14.4. The smallest absolute Gasteiger partial charge is 0.221 e. The maximum atomic E-state index is 13.6. The van der Waals surface area contributed by atoms with E-state index in [1.165, 1.54) is 37.9 Å². The lowest BCUT2D eigenvalue weighted by Gasteiger charge is -2.56. The second-order valence-corrected chi connectivity index (χ2v) is 10.7. The summed E-state index contributed by atoms with van der Waals surface area (Å²) in [7, 11) is 0. The molecule has 158 valence electrons. The highest BCUT2D eigenvalue weighted by Gasteiger charge is 2.55. The van der Waals surface area contributed by atoms with Crippen LogP contribution in [0.1, 0.15) is 52.4 Å². The Kier molecular flexibility index (Phi) is 4.92. The number of Topliss-reactive ketones (excluding diaryl/α,β-unsaturated/α-hetero) is 1. The van der Waals surface area contributed by atoms with Gasteiger partial charge in [0.15, 0.2) is 5.78 Å². The van der Waals surface area contributed by atoms with Gasteiger partial charge in [0.05, 0.1) is 10.9 Å². The van der Waals surface area contributed by atoms with Gasteiger partial charge in [-0.2, -0.15) is 4.68 Å². The van der Waals surface area contributed by atoms with Gasteiger partial charge in [-0.15, -0.1) is 5.10 Å². The Labute approximate surface area is 180 Å². The molecule has 1 unspecified atom stereocenters. The number of nitrogens with one attached hydrogen (secondary N) is 1. The minimum absolute atomic E-state index is 0.120. The summed E-state index contributed by atoms with van der Waals surface area (Å²) in [5, 5.41) is 15.3. The quantitative estimate of drug-likeness (QED) is 0.706. The second-order valence-electron chi connectivity index (χ2n) is 9.43. The maximum absolute atomic E-state index is 13.6. The number of rotatable bonds is 6. The van der Waals surface area contributed by atoms with Gasteiger partial charge in [-0.3, -0.25) is 9.59 Å². The van der Waals surface area contributed by atoms with Gasteiger partial charge in [-0.25, -0.2) is 0 Å². The zero-order valence-electron chi connectivity index (χ0n) is 17.4. The molecule has 1 aromatic heterocycles. The number of hydrogen-bond donors (Lipinski definition) is 1. The molecule has 1 heterocycles. The van der Waals surface area contributed by atoms with Crippen LogP contribution < -0.4 is 5.32 Å². The molecule has 1 atom stereocenters. The highest BCUT2D eigenvalue weighted by atomic mass is 32.2. The third-order valence-corrected chi connectivity index (χ3v) is 8.10. The van der Waals surface area contributed by atoms with E-state index in [4.69, 9.17) is 0 Å². The molecule has 0 saturated heterocycles. The molecule has 0 aliphatic heterocycles. The highest BCUT2D eigenvalue weighted by molar-refractivity contribution is 8.00. The Hall–Kier alpha value is -2.22. The van der Waals surface area contributed by atoms with Gasteiger partial charge in [0.25, 0.3) is 0 Å². The Morgan fingerprint density at radius 2 is 1.83 bits per heavy atom. The van der Waals surface area contributed by atoms with Crippen molar-refractivity contribution in [2.45, 2.75) is 62.8 Å². The number of nitrogens with zero attached hydrogens (tertiary/aromatic N) is 4. The summed E-state index contributed by atoms with van der Waals surface area (Å²) in [4.78, 5) is 25.0. The van der Waals surface area contributed by atoms with Crippen molar-refractivity contribution in [3.8, 4) is 5.69 Å². The standard InChI is InChI=1S/C22H27N5O2S/c1-13(20(29)22-10-15-6-16(11-22)8-17(7-15)12-22)30-21-24-25-26-27(21)19-5-3-4-18(9-19)23-14(2)28/h3-5,9,13,15-17H,6-8,10-12H2,1-2H3,(H,23,28). The zero-order chi connectivity index (χ0) is 20.9. The van der Waals surface area contributed by atoms with Crippen LogP contribution >= 0.6 is 11.8 Å². The molecule has 4 bridgehead atoms. The fraction of sp³-hybridized carbons (Fsp3) is 0.591. The van der Waals surface area contributed by atoms with Gasteiger partial charge in [-0.1, -0.05) is 17.8 Å². The van der Waals surface area contributed by atoms with E-state index < -0.39 is 0 Å². The van der Waals surface area contributed by atoms with Crippen LogP contribution in [0.4, 0.5) is 5.69 Å². The number of hydrogen-bond acceptors (Lipinski definition) is 6. The minimum Gasteiger partial charge on any atom is -0.326 e. The van der Waals surface area contributed by atoms with Crippen molar-refractivity contribution >= 4 is 29.1 Å². The molecule has 4 saturated carbocycles. The molecule has 2 aromatic rings. The molecule has 8 heteroatoms. The highest BCUT2D eigenvalue weighted by Crippen LogP contribution is 2.61. The summed E-state index contributed by atoms with van der Waals surface area (Å²) in [6.07, 6.45) is 7.22. The number of thioether (sulfide) groups is 1. The Balaban J connectivity index is 1.34. The second kappa shape index (κ2) is 7.48. The molecular formula is C22H27N5O2S. The molecular weight excluding hydrogens is 398 g/mol. The van der Waals surface area contributed by atoms with Crippen molar-refractivity contribution in [3.05, 3.63) is 24.3 Å². The average Bonchev–Trinajstić information content (AvgIpc) is 3.14. The summed E-state index contributed by atoms with van der Waals surface area (Å²) in [6, 6.07) is 7.38. The summed E-state index contributed by atoms with van der Waals surface area (Å²) < 4.78 is 1.64. The molecule has 1 amide bonds. The molecule has 6 rings (SSSR count). The van der Waals surface area contributed by atoms with Crippen molar-refractivity contribution < 1.29 is 9.59 Å². The van der Waals surface area contributed by atoms with Gasteiger partial charge in [-0.05, 0) is 91.8 Å². The molecule has 4 fully saturated rings. The molecule has 1 aromatic carbocycles. The van der Waals surface area contributed by atoms with Crippen molar-refractivity contribution in [1.82, 2.24) is 20.2 Å². The van der Waals surface area contributed by atoms with E-state index in [-0.39, 0.29) is 16.6 Å². The number of anilines is 1. The van der Waals surface area contributed by atoms with Crippen LogP contribution in [0.3, 0.4) is 0 Å². The lowest BCUT2D eigenvalue weighted by molar-refractivity contribution is -0.143. The summed E-state index contributed by atoms with van der Waals surface area (Å²) >= 11 is 1.44. The molecule has 4 aliphatic rings. The first kappa shape index (κ1) is 19.7. The van der Waals surface area contributed by atoms with Crippen LogP contribution in [0, 0.1) is 23.2 Å². The number of ketones is 1. The topological polar surface area (TPSA) is 89.8 Å². The Morgan fingerprint density at radius 3 is 2.47 bits per heavy atom. The lowest BCUT2D eigenvalue weighted by atomic mass is 9.48. The first-order valence-corrected chi connectivity index (χ1v) is 11.7. The average molecular weight is 426 g/mol. The van der Waals surface area contributed by atoms with Gasteiger partial charge in [0.2, 0.25) is 11.1 Å². The lowest BCUT2D eigenvalue weighted by Crippen LogP contribution is -2.51. The van der Waals surface area contributed by atoms with Crippen molar-refractivity contribution in [3.63, 3.8) is 0 Å². The van der Waals surface area contributed by atoms with Crippen molar-refractivity contribution in [2.24, 2.45) is 23.2 Å². The monoisotopic (exact) mass is 425 g/mol. The minimum atomic E-state index is -0.190. The van der Waals surface area contributed by atoms with Crippen LogP contribution in [-0.2, 0) is 9.59 Å². The van der Waals surface area contributed by atoms with E-state index in [9.17, 15) is 9.59 Å². The number of aromatic nitrogens is 4. The van der Waals surface area contributed by atoms with Crippen molar-refractivity contribution in [2.75, 3.05) is 5.32 Å². The van der Waals surface area contributed by atoms with Crippen LogP contribution in [0.2, 0.25) is 0 Å². The SMILES string of the molecule is CC(=O)Nc1cccc(-n2nnnc2SC(C)C(=O)C23CC4CC(CC(C4)C2)C3)c1. The maximum Gasteiger partial charge on any atom is 0.221 e. The van der Waals surface area contributed by atoms with E-state index >= 15 is 0 Å². The third-order valence-electron chi connectivity index (χ3n) is 7.06. The Morgan fingerprint density at radius 1 is 1.17 bits per heavy atom. The number of tetrazole rings is 1. The van der Waals surface area contributed by atoms with Gasteiger partial charge in [0.1, 0.15) is 0 Å². The molecule has 0 spiro atoms. The number of carbonyl (C=O) groups is 2. The fourth-order valence-electron chi connectivity index (χ4n) is 6.39. The summed E-state index contributed by atoms with van der Waals surface area (Å²) in [5.74, 6) is 2.50. The number of carbonyl (C=O) groups excluding carboxylic acids is 2. The van der Waals surface area contributed by atoms with E-state index in [1.807, 2.05) is 31.2 Å². The van der Waals surface area contributed by atoms with E-state index in [2.05, 4.69) is 20.8 Å². The van der Waals surface area contributed by atoms with Crippen LogP contribution in [-0.4, -0.2) is 37.1 Å². The van der Waals surface area contributed by atoms with Crippen LogP contribution in [0.5, 0.6) is 0 Å². The van der Waals surface area contributed by atoms with E-state index in [1.54, 1.807) is 4.68 Å². The van der Waals surface area contributed by atoms with Crippen LogP contribution in [0.25, 0.3) is 5.69 Å². The van der Waals surface area contributed by atoms with E-state index in [0.29, 0.717) is 16.6 Å². The predicted octanol–water partition coefficient (Wildman–Crippen LogP) is 3.89. The third kappa shape index (κ3) is 3.55. The number of benzene rings is 1. The summed E-state index contributed by atoms with van der Waals surface area (Å²) in [6.45, 7) is 3.47. The molecule has 1 N–H and O–H groups in total. The molecule has 0 radical (unpaired) electrons. The largest absolute Gasteiger partial charge is 0.326 e. The molecule has 4 aliphatic carbocycles. The van der Waals surface area contributed by atoms with Crippen LogP contribution in [0.15, 0.2) is 29.4 Å². The van der Waals surface area contributed by atoms with E-state index in [0.717, 1.165) is 42.7 Å². The Bertz CT molecular complexity index is 952. The van der Waals surface area contributed by atoms with Gasteiger partial charge in [0, 0.05) is 18.0 Å². The molecule has 7 nitrogen and oxygen atoms in total. The van der Waals surface area contributed by atoms with Gasteiger partial charge >= 0.3 is 0 Å². The fourth-order valence-corrected chi connectivity index (χ4v) is 7.39. The first-order valence-electron chi connectivity index (χ1n) is 10.8. The summed E-state index contributed by atoms with van der Waals surface area (Å²) in [5.41, 5.74) is 1.32.